The van der Waals surface area contributed by atoms with Crippen molar-refractivity contribution in [1.82, 2.24) is 9.88 Å². The lowest BCUT2D eigenvalue weighted by atomic mass is 10.1. The van der Waals surface area contributed by atoms with Gasteiger partial charge in [0, 0.05) is 63.4 Å². The molecule has 2 aromatic rings. The Labute approximate surface area is 190 Å². The van der Waals surface area contributed by atoms with Gasteiger partial charge in [0.05, 0.1) is 11.4 Å². The summed E-state index contributed by atoms with van der Waals surface area (Å²) in [5, 5.41) is 9.13. The van der Waals surface area contributed by atoms with Gasteiger partial charge in [-0.2, -0.15) is 8.42 Å². The van der Waals surface area contributed by atoms with Crippen molar-refractivity contribution in [1.29, 1.82) is 0 Å². The molecule has 176 valence electrons. The van der Waals surface area contributed by atoms with Crippen LogP contribution in [0, 0.1) is 5.92 Å². The Kier molecular flexibility index (Phi) is 4.89. The SMILES string of the molecule is CN1c2nc(-c3cccc(N4CCN(C(=O)O)CC4)c3)ccc2N(CC2CC2(F)F)S1(=O)=O. The second-order valence-corrected chi connectivity index (χ2v) is 10.4. The summed E-state index contributed by atoms with van der Waals surface area (Å²) in [5.74, 6) is -3.60. The number of carboxylic acid groups (broad SMARTS) is 1. The molecule has 0 radical (unpaired) electrons. The maximum absolute atomic E-state index is 13.4. The van der Waals surface area contributed by atoms with Crippen molar-refractivity contribution in [3.05, 3.63) is 36.4 Å². The molecule has 3 heterocycles. The summed E-state index contributed by atoms with van der Waals surface area (Å²) in [7, 11) is -2.59. The van der Waals surface area contributed by atoms with Crippen molar-refractivity contribution in [2.45, 2.75) is 12.3 Å². The van der Waals surface area contributed by atoms with E-state index in [1.54, 1.807) is 12.1 Å². The highest BCUT2D eigenvalue weighted by atomic mass is 32.2. The molecule has 12 heteroatoms. The van der Waals surface area contributed by atoms with Crippen LogP contribution in [0.1, 0.15) is 6.42 Å². The average molecular weight is 480 g/mol. The molecule has 5 rings (SSSR count). The van der Waals surface area contributed by atoms with Crippen LogP contribution in [0.25, 0.3) is 11.3 Å². The highest BCUT2D eigenvalue weighted by Gasteiger charge is 2.59. The topological polar surface area (TPSA) is 97.3 Å². The van der Waals surface area contributed by atoms with E-state index in [9.17, 15) is 22.0 Å². The number of benzene rings is 1. The molecule has 1 amide bonds. The number of halogens is 2. The van der Waals surface area contributed by atoms with Gasteiger partial charge in [-0.25, -0.2) is 27.2 Å². The molecule has 1 aromatic carbocycles. The number of amides is 1. The number of carbonyl (C=O) groups is 1. The largest absolute Gasteiger partial charge is 0.465 e. The summed E-state index contributed by atoms with van der Waals surface area (Å²) in [4.78, 5) is 19.1. The quantitative estimate of drug-likeness (QED) is 0.724. The van der Waals surface area contributed by atoms with Crippen LogP contribution in [0.2, 0.25) is 0 Å². The molecule has 2 fully saturated rings. The third kappa shape index (κ3) is 3.71. The first kappa shape index (κ1) is 21.7. The van der Waals surface area contributed by atoms with Crippen molar-refractivity contribution in [2.75, 3.05) is 53.3 Å². The molecule has 33 heavy (non-hydrogen) atoms. The van der Waals surface area contributed by atoms with E-state index in [4.69, 9.17) is 5.11 Å². The van der Waals surface area contributed by atoms with Gasteiger partial charge in [0.25, 0.3) is 5.92 Å². The van der Waals surface area contributed by atoms with Gasteiger partial charge in [0.2, 0.25) is 0 Å². The number of piperazine rings is 1. The summed E-state index contributed by atoms with van der Waals surface area (Å²) in [6.07, 6.45) is -1.24. The van der Waals surface area contributed by atoms with Gasteiger partial charge < -0.3 is 14.9 Å². The number of rotatable bonds is 4. The van der Waals surface area contributed by atoms with Gasteiger partial charge in [-0.3, -0.25) is 0 Å². The van der Waals surface area contributed by atoms with Crippen molar-refractivity contribution in [2.24, 2.45) is 5.92 Å². The Balaban J connectivity index is 1.40. The summed E-state index contributed by atoms with van der Waals surface area (Å²) in [6, 6.07) is 10.9. The van der Waals surface area contributed by atoms with Crippen LogP contribution < -0.4 is 13.5 Å². The summed E-state index contributed by atoms with van der Waals surface area (Å²) >= 11 is 0. The second-order valence-electron chi connectivity index (χ2n) is 8.51. The zero-order chi connectivity index (χ0) is 23.5. The highest BCUT2D eigenvalue weighted by molar-refractivity contribution is 7.94. The smallest absolute Gasteiger partial charge is 0.407 e. The van der Waals surface area contributed by atoms with Crippen LogP contribution in [0.4, 0.5) is 30.8 Å². The molecule has 1 N–H and O–H groups in total. The molecule has 1 saturated carbocycles. The van der Waals surface area contributed by atoms with Gasteiger partial charge in [-0.1, -0.05) is 12.1 Å². The monoisotopic (exact) mass is 479 g/mol. The van der Waals surface area contributed by atoms with Crippen LogP contribution in [-0.2, 0) is 10.2 Å². The molecular formula is C21H23F2N5O4S. The van der Waals surface area contributed by atoms with E-state index in [1.807, 2.05) is 24.3 Å². The second kappa shape index (κ2) is 7.44. The minimum Gasteiger partial charge on any atom is -0.465 e. The Morgan fingerprint density at radius 3 is 2.52 bits per heavy atom. The number of anilines is 3. The molecule has 1 saturated heterocycles. The van der Waals surface area contributed by atoms with Crippen LogP contribution in [0.3, 0.4) is 0 Å². The zero-order valence-corrected chi connectivity index (χ0v) is 18.7. The Morgan fingerprint density at radius 1 is 1.18 bits per heavy atom. The van der Waals surface area contributed by atoms with E-state index in [2.05, 4.69) is 9.88 Å². The first-order valence-corrected chi connectivity index (χ1v) is 12.0. The lowest BCUT2D eigenvalue weighted by Gasteiger charge is -2.34. The van der Waals surface area contributed by atoms with Crippen molar-refractivity contribution in [3.63, 3.8) is 0 Å². The lowest BCUT2D eigenvalue weighted by Crippen LogP contribution is -2.48. The molecule has 1 unspecified atom stereocenters. The minimum atomic E-state index is -3.96. The van der Waals surface area contributed by atoms with E-state index in [0.717, 1.165) is 19.9 Å². The fourth-order valence-corrected chi connectivity index (χ4v) is 5.70. The number of pyridine rings is 1. The summed E-state index contributed by atoms with van der Waals surface area (Å²) < 4.78 is 54.5. The van der Waals surface area contributed by atoms with Crippen LogP contribution in [0.15, 0.2) is 36.4 Å². The van der Waals surface area contributed by atoms with Crippen molar-refractivity contribution >= 4 is 33.5 Å². The van der Waals surface area contributed by atoms with Gasteiger partial charge in [-0.15, -0.1) is 0 Å². The van der Waals surface area contributed by atoms with E-state index in [0.29, 0.717) is 37.6 Å². The zero-order valence-electron chi connectivity index (χ0n) is 17.9. The van der Waals surface area contributed by atoms with Crippen molar-refractivity contribution in [3.8, 4) is 11.3 Å². The Hall–Kier alpha value is -3.15. The number of alkyl halides is 2. The lowest BCUT2D eigenvalue weighted by molar-refractivity contribution is 0.101. The highest BCUT2D eigenvalue weighted by Crippen LogP contribution is 2.51. The normalized spacial score (nSPS) is 22.9. The average Bonchev–Trinajstić information content (AvgIpc) is 3.36. The van der Waals surface area contributed by atoms with Gasteiger partial charge in [-0.05, 0) is 24.3 Å². The minimum absolute atomic E-state index is 0.206. The van der Waals surface area contributed by atoms with Gasteiger partial charge >= 0.3 is 16.3 Å². The number of aromatic nitrogens is 1. The third-order valence-corrected chi connectivity index (χ3v) is 8.21. The molecule has 0 spiro atoms. The predicted octanol–water partition coefficient (Wildman–Crippen LogP) is 2.70. The molecule has 2 aliphatic heterocycles. The molecule has 1 aliphatic carbocycles. The molecular weight excluding hydrogens is 456 g/mol. The number of nitrogens with zero attached hydrogens (tertiary/aromatic N) is 5. The van der Waals surface area contributed by atoms with Gasteiger partial charge in [0.15, 0.2) is 5.82 Å². The Bertz CT molecular complexity index is 1220. The number of hydrogen-bond donors (Lipinski definition) is 1. The Morgan fingerprint density at radius 2 is 1.88 bits per heavy atom. The maximum Gasteiger partial charge on any atom is 0.407 e. The fourth-order valence-electron chi connectivity index (χ4n) is 4.29. The van der Waals surface area contributed by atoms with E-state index >= 15 is 0 Å². The third-order valence-electron chi connectivity index (χ3n) is 6.45. The molecule has 0 bridgehead atoms. The van der Waals surface area contributed by atoms with E-state index < -0.39 is 28.1 Å². The summed E-state index contributed by atoms with van der Waals surface area (Å²) in [5.41, 5.74) is 2.54. The van der Waals surface area contributed by atoms with E-state index in [1.165, 1.54) is 11.9 Å². The molecule has 9 nitrogen and oxygen atoms in total. The number of hydrogen-bond acceptors (Lipinski definition) is 5. The van der Waals surface area contributed by atoms with Gasteiger partial charge in [0.1, 0.15) is 0 Å². The first-order chi connectivity index (χ1) is 15.6. The van der Waals surface area contributed by atoms with E-state index in [-0.39, 0.29) is 18.8 Å². The van der Waals surface area contributed by atoms with Crippen LogP contribution in [-0.4, -0.2) is 75.2 Å². The summed E-state index contributed by atoms with van der Waals surface area (Å²) in [6.45, 7) is 1.68. The molecule has 3 aliphatic rings. The van der Waals surface area contributed by atoms with Crippen LogP contribution >= 0.6 is 0 Å². The fraction of sp³-hybridized carbons (Fsp3) is 0.429. The standard InChI is InChI=1S/C21H23F2N5O4S/c1-25-19-18(28(33(25,31)32)13-15-12-21(15,22)23)6-5-17(24-19)14-3-2-4-16(11-14)26-7-9-27(10-8-26)20(29)30/h2-6,11,15H,7-10,12-13H2,1H3,(H,29,30). The number of fused-ring (bicyclic) bond motifs is 1. The first-order valence-electron chi connectivity index (χ1n) is 10.6. The molecule has 1 atom stereocenters. The van der Waals surface area contributed by atoms with Crippen LogP contribution in [0.5, 0.6) is 0 Å². The predicted molar refractivity (Wildman–Crippen MR) is 119 cm³/mol. The van der Waals surface area contributed by atoms with Crippen molar-refractivity contribution < 1.29 is 27.1 Å². The molecule has 1 aromatic heterocycles. The maximum atomic E-state index is 13.4.